The second kappa shape index (κ2) is 10.0. The average molecular weight is 509 g/mol. The number of fused-ring (bicyclic) bond motifs is 2. The molecule has 2 aromatic carbocycles. The summed E-state index contributed by atoms with van der Waals surface area (Å²) < 4.78 is 5.39. The van der Waals surface area contributed by atoms with Crippen LogP contribution in [0.25, 0.3) is 33.5 Å². The second-order valence-corrected chi connectivity index (χ2v) is 9.48. The molecule has 0 saturated heterocycles. The number of nitrogens with one attached hydrogen (secondary N) is 3. The van der Waals surface area contributed by atoms with E-state index in [9.17, 15) is 9.90 Å². The normalized spacial score (nSPS) is 13.2. The standard InChI is InChI=1S/C29H28N6O3/c1-38-29-19(7-5-13-30-29)17-10-12-26(36)21(14-17)27-32-23-11-9-18(15-24(23)33-27)28(37)31-16-25-20-6-3-2-4-8-22(20)34-35-25/h5,7,9-15,36H,2-4,6,8,16H2,1H3,(H,31,37)(H,32,33)(H,34,35). The summed E-state index contributed by atoms with van der Waals surface area (Å²) >= 11 is 0. The van der Waals surface area contributed by atoms with Crippen molar-refractivity contribution < 1.29 is 14.6 Å². The van der Waals surface area contributed by atoms with Gasteiger partial charge in [-0.05, 0) is 79.3 Å². The molecule has 38 heavy (non-hydrogen) atoms. The highest BCUT2D eigenvalue weighted by atomic mass is 16.5. The van der Waals surface area contributed by atoms with Gasteiger partial charge in [0, 0.05) is 23.0 Å². The summed E-state index contributed by atoms with van der Waals surface area (Å²) in [5, 5.41) is 21.2. The summed E-state index contributed by atoms with van der Waals surface area (Å²) in [6.07, 6.45) is 7.24. The molecular formula is C29H28N6O3. The van der Waals surface area contributed by atoms with E-state index in [0.717, 1.165) is 36.1 Å². The molecule has 0 unspecified atom stereocenters. The van der Waals surface area contributed by atoms with Crippen molar-refractivity contribution in [3.8, 4) is 34.1 Å². The highest BCUT2D eigenvalue weighted by Gasteiger charge is 2.18. The number of methoxy groups -OCH3 is 1. The van der Waals surface area contributed by atoms with Crippen LogP contribution >= 0.6 is 0 Å². The first-order valence-corrected chi connectivity index (χ1v) is 12.8. The third-order valence-electron chi connectivity index (χ3n) is 7.08. The monoisotopic (exact) mass is 508 g/mol. The van der Waals surface area contributed by atoms with E-state index in [1.54, 1.807) is 37.6 Å². The van der Waals surface area contributed by atoms with Gasteiger partial charge in [0.05, 0.1) is 35.9 Å². The van der Waals surface area contributed by atoms with Gasteiger partial charge < -0.3 is 20.1 Å². The molecule has 1 aliphatic carbocycles. The van der Waals surface area contributed by atoms with E-state index in [1.165, 1.54) is 24.1 Å². The lowest BCUT2D eigenvalue weighted by molar-refractivity contribution is 0.0950. The molecule has 9 heteroatoms. The third kappa shape index (κ3) is 4.47. The van der Waals surface area contributed by atoms with Crippen LogP contribution in [0.1, 0.15) is 46.6 Å². The Kier molecular flexibility index (Phi) is 6.25. The van der Waals surface area contributed by atoms with Crippen LogP contribution in [0.3, 0.4) is 0 Å². The first kappa shape index (κ1) is 23.7. The first-order valence-electron chi connectivity index (χ1n) is 12.8. The Morgan fingerprint density at radius 2 is 1.97 bits per heavy atom. The summed E-state index contributed by atoms with van der Waals surface area (Å²) in [4.78, 5) is 25.1. The van der Waals surface area contributed by atoms with E-state index < -0.39 is 0 Å². The maximum absolute atomic E-state index is 13.0. The van der Waals surface area contributed by atoms with Crippen LogP contribution in [0.5, 0.6) is 11.6 Å². The number of phenols is 1. The van der Waals surface area contributed by atoms with Crippen molar-refractivity contribution >= 4 is 16.9 Å². The van der Waals surface area contributed by atoms with Gasteiger partial charge in [-0.15, -0.1) is 0 Å². The van der Waals surface area contributed by atoms with Gasteiger partial charge in [0.2, 0.25) is 5.88 Å². The molecule has 4 N–H and O–H groups in total. The van der Waals surface area contributed by atoms with Crippen molar-refractivity contribution in [3.63, 3.8) is 0 Å². The van der Waals surface area contributed by atoms with E-state index >= 15 is 0 Å². The lowest BCUT2D eigenvalue weighted by Crippen LogP contribution is -2.23. The SMILES string of the molecule is COc1ncccc1-c1ccc(O)c(-c2nc3ccc(C(=O)NCc4n[nH]c5c4CCCCC5)cc3[nH]2)c1. The number of aromatic amines is 2. The molecule has 0 atom stereocenters. The fourth-order valence-electron chi connectivity index (χ4n) is 5.08. The summed E-state index contributed by atoms with van der Waals surface area (Å²) in [5.41, 5.74) is 7.46. The van der Waals surface area contributed by atoms with E-state index in [1.807, 2.05) is 24.3 Å². The number of pyridine rings is 1. The van der Waals surface area contributed by atoms with E-state index in [0.29, 0.717) is 40.4 Å². The largest absolute Gasteiger partial charge is 0.507 e. The van der Waals surface area contributed by atoms with Crippen molar-refractivity contribution in [1.82, 2.24) is 30.5 Å². The van der Waals surface area contributed by atoms with Crippen molar-refractivity contribution in [1.29, 1.82) is 0 Å². The molecule has 6 rings (SSSR count). The summed E-state index contributed by atoms with van der Waals surface area (Å²) in [5.74, 6) is 0.906. The molecular weight excluding hydrogens is 480 g/mol. The smallest absolute Gasteiger partial charge is 0.251 e. The number of aryl methyl sites for hydroxylation is 1. The van der Waals surface area contributed by atoms with Gasteiger partial charge in [0.15, 0.2) is 0 Å². The van der Waals surface area contributed by atoms with Gasteiger partial charge >= 0.3 is 0 Å². The molecule has 3 aromatic heterocycles. The Morgan fingerprint density at radius 3 is 2.87 bits per heavy atom. The molecule has 0 bridgehead atoms. The topological polar surface area (TPSA) is 129 Å². The molecule has 0 fully saturated rings. The highest BCUT2D eigenvalue weighted by Crippen LogP contribution is 2.35. The lowest BCUT2D eigenvalue weighted by Gasteiger charge is -2.09. The quantitative estimate of drug-likeness (QED) is 0.241. The van der Waals surface area contributed by atoms with Crippen molar-refractivity contribution in [2.75, 3.05) is 7.11 Å². The number of hydrogen-bond donors (Lipinski definition) is 4. The molecule has 0 spiro atoms. The van der Waals surface area contributed by atoms with Crippen LogP contribution in [-0.4, -0.2) is 43.3 Å². The number of rotatable bonds is 6. The molecule has 5 aromatic rings. The van der Waals surface area contributed by atoms with Crippen LogP contribution in [0.4, 0.5) is 0 Å². The van der Waals surface area contributed by atoms with Gasteiger partial charge in [-0.1, -0.05) is 12.5 Å². The molecule has 9 nitrogen and oxygen atoms in total. The number of aromatic nitrogens is 5. The van der Waals surface area contributed by atoms with Gasteiger partial charge in [0.1, 0.15) is 11.6 Å². The number of phenolic OH excluding ortho intramolecular Hbond substituents is 1. The predicted molar refractivity (Wildman–Crippen MR) is 144 cm³/mol. The Hall–Kier alpha value is -4.66. The molecule has 0 saturated carbocycles. The lowest BCUT2D eigenvalue weighted by atomic mass is 10.0. The fourth-order valence-corrected chi connectivity index (χ4v) is 5.08. The number of aromatic hydroxyl groups is 1. The maximum Gasteiger partial charge on any atom is 0.251 e. The summed E-state index contributed by atoms with van der Waals surface area (Å²) in [7, 11) is 1.57. The van der Waals surface area contributed by atoms with Crippen LogP contribution in [0, 0.1) is 0 Å². The zero-order chi connectivity index (χ0) is 26.1. The minimum Gasteiger partial charge on any atom is -0.507 e. The number of H-pyrrole nitrogens is 2. The van der Waals surface area contributed by atoms with Crippen molar-refractivity contribution in [2.24, 2.45) is 0 Å². The number of amides is 1. The van der Waals surface area contributed by atoms with E-state index in [2.05, 4.69) is 30.5 Å². The Balaban J connectivity index is 1.24. The molecule has 0 aliphatic heterocycles. The minimum atomic E-state index is -0.179. The fraction of sp³-hybridized carbons (Fsp3) is 0.241. The minimum absolute atomic E-state index is 0.0896. The Labute approximate surface area is 219 Å². The van der Waals surface area contributed by atoms with Gasteiger partial charge in [0.25, 0.3) is 5.91 Å². The molecule has 192 valence electrons. The van der Waals surface area contributed by atoms with Crippen LogP contribution in [-0.2, 0) is 19.4 Å². The zero-order valence-electron chi connectivity index (χ0n) is 21.0. The number of ether oxygens (including phenoxy) is 1. The number of imidazole rings is 1. The second-order valence-electron chi connectivity index (χ2n) is 9.48. The van der Waals surface area contributed by atoms with Crippen molar-refractivity contribution in [3.05, 3.63) is 77.2 Å². The number of benzene rings is 2. The van der Waals surface area contributed by atoms with Crippen LogP contribution in [0.15, 0.2) is 54.7 Å². The van der Waals surface area contributed by atoms with Gasteiger partial charge in [-0.25, -0.2) is 9.97 Å². The van der Waals surface area contributed by atoms with E-state index in [4.69, 9.17) is 4.74 Å². The first-order chi connectivity index (χ1) is 18.6. The molecule has 3 heterocycles. The van der Waals surface area contributed by atoms with Gasteiger partial charge in [-0.2, -0.15) is 5.10 Å². The van der Waals surface area contributed by atoms with E-state index in [-0.39, 0.29) is 11.7 Å². The predicted octanol–water partition coefficient (Wildman–Crippen LogP) is 4.93. The molecule has 1 aliphatic rings. The van der Waals surface area contributed by atoms with Gasteiger partial charge in [-0.3, -0.25) is 9.89 Å². The third-order valence-corrected chi connectivity index (χ3v) is 7.08. The van der Waals surface area contributed by atoms with Crippen molar-refractivity contribution in [2.45, 2.75) is 38.6 Å². The number of nitrogens with zero attached hydrogens (tertiary/aromatic N) is 3. The number of hydrogen-bond acceptors (Lipinski definition) is 6. The average Bonchev–Trinajstić information content (AvgIpc) is 3.47. The zero-order valence-corrected chi connectivity index (χ0v) is 21.0. The highest BCUT2D eigenvalue weighted by molar-refractivity contribution is 5.97. The molecule has 1 amide bonds. The number of carbonyl (C=O) groups is 1. The maximum atomic E-state index is 13.0. The van der Waals surface area contributed by atoms with Crippen LogP contribution in [0.2, 0.25) is 0 Å². The Morgan fingerprint density at radius 1 is 1.08 bits per heavy atom. The summed E-state index contributed by atoms with van der Waals surface area (Å²) in [6.45, 7) is 0.384. The molecule has 0 radical (unpaired) electrons. The number of carbonyl (C=O) groups excluding carboxylic acids is 1. The van der Waals surface area contributed by atoms with Crippen LogP contribution < -0.4 is 10.1 Å². The Bertz CT molecular complexity index is 1640. The summed E-state index contributed by atoms with van der Waals surface area (Å²) in [6, 6.07) is 14.3.